The Bertz CT molecular complexity index is 1160. The van der Waals surface area contributed by atoms with Gasteiger partial charge in [-0.1, -0.05) is 13.0 Å². The largest absolute Gasteiger partial charge is 0.573 e. The van der Waals surface area contributed by atoms with E-state index in [0.29, 0.717) is 0 Å². The normalized spacial score (nSPS) is 23.7. The fraction of sp³-hybridized carbons (Fsp3) is 0.458. The van der Waals surface area contributed by atoms with Crippen LogP contribution in [0.1, 0.15) is 19.4 Å². The molecule has 4 atom stereocenters. The lowest BCUT2D eigenvalue weighted by molar-refractivity contribution is -0.274. The zero-order valence-electron chi connectivity index (χ0n) is 20.1. The number of rotatable bonds is 7. The van der Waals surface area contributed by atoms with Gasteiger partial charge < -0.3 is 10.1 Å². The number of halogens is 7. The van der Waals surface area contributed by atoms with E-state index in [9.17, 15) is 40.3 Å². The maximum Gasteiger partial charge on any atom is 0.573 e. The summed E-state index contributed by atoms with van der Waals surface area (Å²) in [6.45, 7) is 1.79. The molecule has 4 rings (SSSR count). The van der Waals surface area contributed by atoms with E-state index in [4.69, 9.17) is 0 Å². The van der Waals surface area contributed by atoms with Gasteiger partial charge in [-0.2, -0.15) is 13.2 Å². The van der Waals surface area contributed by atoms with Crippen molar-refractivity contribution < 1.29 is 45.1 Å². The van der Waals surface area contributed by atoms with Gasteiger partial charge in [-0.05, 0) is 37.3 Å². The molecule has 2 amide bonds. The summed E-state index contributed by atoms with van der Waals surface area (Å²) in [5, 5.41) is 2.52. The highest BCUT2D eigenvalue weighted by Gasteiger charge is 2.58. The number of hydrogen-bond acceptors (Lipinski definition) is 5. The monoisotopic (exact) mass is 548 g/mol. The van der Waals surface area contributed by atoms with Crippen LogP contribution >= 0.6 is 0 Å². The minimum absolute atomic E-state index is 0.0529. The number of anilines is 1. The molecular weight excluding hydrogens is 525 g/mol. The van der Waals surface area contributed by atoms with Crippen LogP contribution in [0.3, 0.4) is 0 Å². The molecule has 7 nitrogen and oxygen atoms in total. The maximum absolute atomic E-state index is 14.3. The first-order chi connectivity index (χ1) is 17.6. The lowest BCUT2D eigenvalue weighted by atomic mass is 9.88. The van der Waals surface area contributed by atoms with Gasteiger partial charge in [0.2, 0.25) is 5.91 Å². The van der Waals surface area contributed by atoms with Gasteiger partial charge in [-0.25, -0.2) is 9.29 Å². The highest BCUT2D eigenvalue weighted by atomic mass is 19.4. The molecule has 1 aromatic carbocycles. The quantitative estimate of drug-likeness (QED) is 0.416. The third kappa shape index (κ3) is 5.40. The number of aromatic nitrogens is 1. The van der Waals surface area contributed by atoms with Crippen LogP contribution in [0.4, 0.5) is 36.4 Å². The number of nitrogens with one attached hydrogen (secondary N) is 1. The van der Waals surface area contributed by atoms with Crippen LogP contribution in [-0.2, 0) is 15.1 Å². The molecule has 14 heteroatoms. The molecule has 2 aliphatic rings. The highest BCUT2D eigenvalue weighted by Crippen LogP contribution is 2.46. The first kappa shape index (κ1) is 27.6. The first-order valence-corrected chi connectivity index (χ1v) is 11.5. The van der Waals surface area contributed by atoms with Crippen LogP contribution in [0, 0.1) is 11.8 Å². The van der Waals surface area contributed by atoms with Crippen LogP contribution < -0.4 is 15.0 Å². The number of ether oxygens (including phenoxy) is 1. The molecule has 1 aliphatic carbocycles. The Morgan fingerprint density at radius 2 is 1.68 bits per heavy atom. The fourth-order valence-corrected chi connectivity index (χ4v) is 4.44. The van der Waals surface area contributed by atoms with Crippen molar-refractivity contribution in [2.45, 2.75) is 44.3 Å². The Hall–Kier alpha value is -3.42. The number of nitrogens with zero attached hydrogens (tertiary/aromatic N) is 3. The molecule has 0 radical (unpaired) electrons. The van der Waals surface area contributed by atoms with Gasteiger partial charge in [0.1, 0.15) is 11.9 Å². The van der Waals surface area contributed by atoms with E-state index in [1.54, 1.807) is 0 Å². The second-order valence-corrected chi connectivity index (χ2v) is 9.40. The minimum atomic E-state index is -4.97. The number of likely N-dealkylation sites (tertiary alicyclic amines) is 1. The van der Waals surface area contributed by atoms with Crippen LogP contribution in [0.5, 0.6) is 5.75 Å². The van der Waals surface area contributed by atoms with Crippen molar-refractivity contribution in [2.24, 2.45) is 11.8 Å². The molecule has 2 fully saturated rings. The number of pyridine rings is 1. The Balaban J connectivity index is 1.73. The number of amides is 2. The molecule has 1 saturated heterocycles. The van der Waals surface area contributed by atoms with Crippen molar-refractivity contribution in [3.8, 4) is 5.75 Å². The molecule has 1 aliphatic heterocycles. The second kappa shape index (κ2) is 9.71. The lowest BCUT2D eigenvalue weighted by Gasteiger charge is -2.44. The Kier molecular flexibility index (Phi) is 7.06. The molecule has 0 unspecified atom stereocenters. The molecule has 1 saturated carbocycles. The summed E-state index contributed by atoms with van der Waals surface area (Å²) in [6.07, 6.45) is -8.39. The third-order valence-corrected chi connectivity index (χ3v) is 6.79. The van der Waals surface area contributed by atoms with Gasteiger partial charge in [-0.3, -0.25) is 19.5 Å². The molecule has 1 aromatic heterocycles. The predicted octanol–water partition coefficient (Wildman–Crippen LogP) is 4.15. The lowest BCUT2D eigenvalue weighted by Crippen LogP contribution is -2.67. The summed E-state index contributed by atoms with van der Waals surface area (Å²) in [5.74, 6) is -4.09. The summed E-state index contributed by atoms with van der Waals surface area (Å²) >= 11 is 0. The Labute approximate surface area is 212 Å². The fourth-order valence-electron chi connectivity index (χ4n) is 4.44. The first-order valence-electron chi connectivity index (χ1n) is 11.5. The van der Waals surface area contributed by atoms with Crippen molar-refractivity contribution in [3.05, 3.63) is 54.4 Å². The third-order valence-electron chi connectivity index (χ3n) is 6.79. The van der Waals surface area contributed by atoms with Crippen molar-refractivity contribution >= 4 is 17.5 Å². The smallest absolute Gasteiger partial charge is 0.406 e. The molecule has 0 bridgehead atoms. The number of hydrogen-bond donors (Lipinski definition) is 1. The Morgan fingerprint density at radius 1 is 1.08 bits per heavy atom. The Morgan fingerprint density at radius 3 is 2.16 bits per heavy atom. The summed E-state index contributed by atoms with van der Waals surface area (Å²) in [4.78, 5) is 32.5. The molecule has 0 spiro atoms. The molecule has 1 N–H and O–H groups in total. The van der Waals surface area contributed by atoms with E-state index in [0.717, 1.165) is 29.2 Å². The van der Waals surface area contributed by atoms with Gasteiger partial charge in [0, 0.05) is 42.7 Å². The second-order valence-electron chi connectivity index (χ2n) is 9.40. The number of carbonyl (C=O) groups is 2. The van der Waals surface area contributed by atoms with E-state index in [1.165, 1.54) is 38.4 Å². The van der Waals surface area contributed by atoms with Gasteiger partial charge >= 0.3 is 12.7 Å². The topological polar surface area (TPSA) is 74.8 Å². The van der Waals surface area contributed by atoms with Crippen LogP contribution in [-0.4, -0.2) is 59.7 Å². The summed E-state index contributed by atoms with van der Waals surface area (Å²) in [6, 6.07) is 6.11. The zero-order chi connectivity index (χ0) is 28.0. The van der Waals surface area contributed by atoms with E-state index in [-0.39, 0.29) is 16.2 Å². The number of benzene rings is 1. The van der Waals surface area contributed by atoms with Crippen LogP contribution in [0.15, 0.2) is 48.8 Å². The molecule has 2 aromatic rings. The van der Waals surface area contributed by atoms with E-state index >= 15 is 0 Å². The van der Waals surface area contributed by atoms with Crippen LogP contribution in [0.25, 0.3) is 0 Å². The minimum Gasteiger partial charge on any atom is -0.406 e. The number of alkyl halides is 7. The summed E-state index contributed by atoms with van der Waals surface area (Å²) < 4.78 is 94.9. The summed E-state index contributed by atoms with van der Waals surface area (Å²) in [5.41, 5.74) is -1.86. The van der Waals surface area contributed by atoms with Crippen molar-refractivity contribution in [1.82, 2.24) is 15.2 Å². The van der Waals surface area contributed by atoms with Crippen molar-refractivity contribution in [3.63, 3.8) is 0 Å². The standard InChI is InChI=1S/C24H23F7N4O3/c1-13-18(19(13)25)20(36)35(16-5-7-17(8-6-16)38-24(29,30)31)22(2,14-4-3-9-32-10-14)21(37)33-15-11-34(12-15)23(26,27)28/h3-10,13,15,18-19H,11-12H2,1-2H3,(H,33,37)/t13-,18-,19+,22-/m0/s1. The van der Waals surface area contributed by atoms with Gasteiger partial charge in [0.05, 0.1) is 12.0 Å². The van der Waals surface area contributed by atoms with E-state index in [1.807, 2.05) is 0 Å². The molecule has 206 valence electrons. The molecule has 2 heterocycles. The SMILES string of the molecule is C[C@@H]1[C@@H](F)[C@H]1C(=O)N(c1ccc(OC(F)(F)F)cc1)[C@](C)(C(=O)NC1CN(C(F)(F)F)C1)c1cccnc1. The van der Waals surface area contributed by atoms with E-state index < -0.39 is 72.9 Å². The number of carbonyl (C=O) groups excluding carboxylic acids is 2. The highest BCUT2D eigenvalue weighted by molar-refractivity contribution is 6.06. The zero-order valence-corrected chi connectivity index (χ0v) is 20.1. The molecule has 38 heavy (non-hydrogen) atoms. The average molecular weight is 548 g/mol. The van der Waals surface area contributed by atoms with Crippen LogP contribution in [0.2, 0.25) is 0 Å². The van der Waals surface area contributed by atoms with Crippen molar-refractivity contribution in [2.75, 3.05) is 18.0 Å². The van der Waals surface area contributed by atoms with Gasteiger partial charge in [-0.15, -0.1) is 13.2 Å². The molecular formula is C24H23F7N4O3. The van der Waals surface area contributed by atoms with Gasteiger partial charge in [0.15, 0.2) is 5.54 Å². The predicted molar refractivity (Wildman–Crippen MR) is 119 cm³/mol. The summed E-state index contributed by atoms with van der Waals surface area (Å²) in [7, 11) is 0. The van der Waals surface area contributed by atoms with Crippen molar-refractivity contribution in [1.29, 1.82) is 0 Å². The average Bonchev–Trinajstić information content (AvgIpc) is 3.41. The van der Waals surface area contributed by atoms with E-state index in [2.05, 4.69) is 15.0 Å². The van der Waals surface area contributed by atoms with Gasteiger partial charge in [0.25, 0.3) is 5.91 Å². The maximum atomic E-state index is 14.3.